The summed E-state index contributed by atoms with van der Waals surface area (Å²) < 4.78 is 4.72. The van der Waals surface area contributed by atoms with Gasteiger partial charge in [0.15, 0.2) is 0 Å². The Morgan fingerprint density at radius 3 is 2.56 bits per heavy atom. The highest BCUT2D eigenvalue weighted by Crippen LogP contribution is 2.31. The molecule has 0 aliphatic rings. The van der Waals surface area contributed by atoms with Crippen molar-refractivity contribution >= 4 is 11.5 Å². The fourth-order valence-corrected chi connectivity index (χ4v) is 1.70. The van der Waals surface area contributed by atoms with E-state index in [1.807, 2.05) is 6.92 Å². The third kappa shape index (κ3) is 2.74. The molecule has 3 N–H and O–H groups in total. The Morgan fingerprint density at radius 2 is 2.06 bits per heavy atom. The van der Waals surface area contributed by atoms with Crippen LogP contribution in [0.1, 0.15) is 18.9 Å². The molecule has 0 radical (unpaired) electrons. The van der Waals surface area contributed by atoms with Crippen LogP contribution in [0.25, 0.3) is 5.57 Å². The Morgan fingerprint density at radius 1 is 1.39 bits per heavy atom. The van der Waals surface area contributed by atoms with E-state index < -0.39 is 5.97 Å². The van der Waals surface area contributed by atoms with Crippen molar-refractivity contribution in [2.45, 2.75) is 13.3 Å². The number of phenolic OH excluding ortho intramolecular Hbond substituents is 2. The van der Waals surface area contributed by atoms with Crippen LogP contribution in [-0.4, -0.2) is 30.3 Å². The molecular formula is C13H17NO4. The van der Waals surface area contributed by atoms with Gasteiger partial charge in [0.2, 0.25) is 0 Å². The summed E-state index contributed by atoms with van der Waals surface area (Å²) in [6.07, 6.45) is 0.566. The minimum atomic E-state index is -0.567. The molecule has 0 aliphatic heterocycles. The minimum absolute atomic E-state index is 0.0317. The average molecular weight is 251 g/mol. The van der Waals surface area contributed by atoms with Gasteiger partial charge in [-0.15, -0.1) is 0 Å². The maximum absolute atomic E-state index is 11.8. The lowest BCUT2D eigenvalue weighted by atomic mass is 10.0. The predicted molar refractivity (Wildman–Crippen MR) is 68.1 cm³/mol. The van der Waals surface area contributed by atoms with Crippen LogP contribution in [0.5, 0.6) is 11.5 Å². The maximum Gasteiger partial charge on any atom is 0.340 e. The van der Waals surface area contributed by atoms with Crippen molar-refractivity contribution < 1.29 is 19.7 Å². The van der Waals surface area contributed by atoms with Gasteiger partial charge in [-0.1, -0.05) is 6.92 Å². The molecule has 1 aromatic rings. The monoisotopic (exact) mass is 251 g/mol. The number of benzene rings is 1. The van der Waals surface area contributed by atoms with Gasteiger partial charge < -0.3 is 20.3 Å². The molecule has 0 unspecified atom stereocenters. The highest BCUT2D eigenvalue weighted by molar-refractivity contribution is 6.18. The maximum atomic E-state index is 11.8. The van der Waals surface area contributed by atoms with Crippen molar-refractivity contribution in [1.82, 2.24) is 5.32 Å². The molecule has 0 amide bonds. The fourth-order valence-electron chi connectivity index (χ4n) is 1.70. The van der Waals surface area contributed by atoms with Crippen molar-refractivity contribution in [3.05, 3.63) is 29.5 Å². The van der Waals surface area contributed by atoms with E-state index in [-0.39, 0.29) is 22.6 Å². The summed E-state index contributed by atoms with van der Waals surface area (Å²) in [6.45, 7) is 1.87. The van der Waals surface area contributed by atoms with Crippen molar-refractivity contribution in [2.75, 3.05) is 14.2 Å². The Hall–Kier alpha value is -2.17. The fraction of sp³-hybridized carbons (Fsp3) is 0.308. The van der Waals surface area contributed by atoms with Gasteiger partial charge in [-0.3, -0.25) is 0 Å². The first-order chi connectivity index (χ1) is 8.54. The summed E-state index contributed by atoms with van der Waals surface area (Å²) in [4.78, 5) is 11.8. The number of hydrogen-bond acceptors (Lipinski definition) is 5. The molecule has 0 fully saturated rings. The summed E-state index contributed by atoms with van der Waals surface area (Å²) in [6, 6.07) is 4.00. The van der Waals surface area contributed by atoms with Crippen molar-refractivity contribution in [3.8, 4) is 11.5 Å². The minimum Gasteiger partial charge on any atom is -0.508 e. The third-order valence-electron chi connectivity index (χ3n) is 2.60. The Bertz CT molecular complexity index is 474. The molecular weight excluding hydrogens is 234 g/mol. The SMILES string of the molecule is CCC(NC)=C(C(=O)OC)c1cc(O)ccc1O. The molecule has 0 saturated heterocycles. The van der Waals surface area contributed by atoms with Crippen LogP contribution in [0.4, 0.5) is 0 Å². The Kier molecular flexibility index (Phi) is 4.59. The molecule has 1 rings (SSSR count). The number of allylic oxidation sites excluding steroid dienone is 1. The van der Waals surface area contributed by atoms with E-state index in [1.165, 1.54) is 25.3 Å². The molecule has 0 atom stereocenters. The Balaban J connectivity index is 3.48. The van der Waals surface area contributed by atoms with E-state index in [0.717, 1.165) is 0 Å². The third-order valence-corrected chi connectivity index (χ3v) is 2.60. The van der Waals surface area contributed by atoms with Crippen molar-refractivity contribution in [3.63, 3.8) is 0 Å². The molecule has 0 saturated carbocycles. The summed E-state index contributed by atoms with van der Waals surface area (Å²) >= 11 is 0. The lowest BCUT2D eigenvalue weighted by molar-refractivity contribution is -0.133. The number of nitrogens with one attached hydrogen (secondary N) is 1. The molecule has 0 aliphatic carbocycles. The number of ether oxygens (including phenoxy) is 1. The van der Waals surface area contributed by atoms with Gasteiger partial charge in [-0.05, 0) is 24.6 Å². The summed E-state index contributed by atoms with van der Waals surface area (Å²) in [5.74, 6) is -0.688. The standard InChI is InChI=1S/C13H17NO4/c1-4-10(14-2)12(13(17)18-3)9-7-8(15)5-6-11(9)16/h5-7,14-16H,4H2,1-3H3. The molecule has 18 heavy (non-hydrogen) atoms. The lowest BCUT2D eigenvalue weighted by Gasteiger charge is -2.14. The van der Waals surface area contributed by atoms with E-state index in [0.29, 0.717) is 12.1 Å². The largest absolute Gasteiger partial charge is 0.508 e. The molecule has 98 valence electrons. The normalized spacial score (nSPS) is 11.7. The molecule has 0 heterocycles. The summed E-state index contributed by atoms with van der Waals surface area (Å²) in [7, 11) is 2.95. The van der Waals surface area contributed by atoms with Crippen LogP contribution >= 0.6 is 0 Å². The zero-order valence-corrected chi connectivity index (χ0v) is 10.7. The van der Waals surface area contributed by atoms with E-state index in [2.05, 4.69) is 5.32 Å². The molecule has 0 aromatic heterocycles. The Labute approximate surface area is 106 Å². The zero-order valence-electron chi connectivity index (χ0n) is 10.7. The van der Waals surface area contributed by atoms with Gasteiger partial charge in [-0.2, -0.15) is 0 Å². The lowest BCUT2D eigenvalue weighted by Crippen LogP contribution is -2.14. The van der Waals surface area contributed by atoms with E-state index >= 15 is 0 Å². The molecule has 5 heteroatoms. The highest BCUT2D eigenvalue weighted by Gasteiger charge is 2.20. The van der Waals surface area contributed by atoms with Crippen molar-refractivity contribution in [1.29, 1.82) is 0 Å². The molecule has 1 aromatic carbocycles. The van der Waals surface area contributed by atoms with E-state index in [1.54, 1.807) is 7.05 Å². The number of methoxy groups -OCH3 is 1. The van der Waals surface area contributed by atoms with E-state index in [9.17, 15) is 15.0 Å². The number of phenols is 2. The number of hydrogen-bond donors (Lipinski definition) is 3. The predicted octanol–water partition coefficient (Wildman–Crippen LogP) is 1.61. The number of carbonyl (C=O) groups excluding carboxylic acids is 1. The number of rotatable bonds is 4. The van der Waals surface area contributed by atoms with Gasteiger partial charge in [0.25, 0.3) is 0 Å². The van der Waals surface area contributed by atoms with Gasteiger partial charge in [0.05, 0.1) is 12.7 Å². The van der Waals surface area contributed by atoms with Crippen LogP contribution in [-0.2, 0) is 9.53 Å². The number of esters is 1. The quantitative estimate of drug-likeness (QED) is 0.430. The van der Waals surface area contributed by atoms with Crippen LogP contribution in [0.2, 0.25) is 0 Å². The number of aromatic hydroxyl groups is 2. The van der Waals surface area contributed by atoms with E-state index in [4.69, 9.17) is 4.74 Å². The van der Waals surface area contributed by atoms with Gasteiger partial charge in [-0.25, -0.2) is 4.79 Å². The van der Waals surface area contributed by atoms with Gasteiger partial charge in [0, 0.05) is 18.3 Å². The summed E-state index contributed by atoms with van der Waals surface area (Å²) in [5.41, 5.74) is 1.09. The van der Waals surface area contributed by atoms with Gasteiger partial charge >= 0.3 is 5.97 Å². The zero-order chi connectivity index (χ0) is 13.7. The average Bonchev–Trinajstić information content (AvgIpc) is 2.38. The highest BCUT2D eigenvalue weighted by atomic mass is 16.5. The second-order valence-corrected chi connectivity index (χ2v) is 3.65. The molecule has 0 bridgehead atoms. The smallest absolute Gasteiger partial charge is 0.340 e. The van der Waals surface area contributed by atoms with Crippen LogP contribution in [0.3, 0.4) is 0 Å². The van der Waals surface area contributed by atoms with Gasteiger partial charge in [0.1, 0.15) is 11.5 Å². The van der Waals surface area contributed by atoms with Crippen molar-refractivity contribution in [2.24, 2.45) is 0 Å². The van der Waals surface area contributed by atoms with Crippen LogP contribution in [0, 0.1) is 0 Å². The first-order valence-electron chi connectivity index (χ1n) is 5.56. The molecule has 0 spiro atoms. The first-order valence-corrected chi connectivity index (χ1v) is 5.56. The topological polar surface area (TPSA) is 78.8 Å². The second kappa shape index (κ2) is 5.95. The molecule has 5 nitrogen and oxygen atoms in total. The first kappa shape index (κ1) is 13.9. The van der Waals surface area contributed by atoms with Crippen LogP contribution < -0.4 is 5.32 Å². The van der Waals surface area contributed by atoms with Crippen LogP contribution in [0.15, 0.2) is 23.9 Å². The second-order valence-electron chi connectivity index (χ2n) is 3.65. The number of carbonyl (C=O) groups is 1. The summed E-state index contributed by atoms with van der Waals surface area (Å²) in [5, 5.41) is 22.2.